The number of hydrogen-bond donors (Lipinski definition) is 0. The summed E-state index contributed by atoms with van der Waals surface area (Å²) < 4.78 is 28.8. The van der Waals surface area contributed by atoms with Crippen molar-refractivity contribution in [3.63, 3.8) is 0 Å². The van der Waals surface area contributed by atoms with Crippen LogP contribution in [0.4, 0.5) is 9.18 Å². The largest absolute Gasteiger partial charge is 0.444 e. The third-order valence-electron chi connectivity index (χ3n) is 5.14. The zero-order valence-electron chi connectivity index (χ0n) is 18.4. The van der Waals surface area contributed by atoms with E-state index < -0.39 is 11.4 Å². The Hall–Kier alpha value is -1.87. The molecule has 1 atom stereocenters. The van der Waals surface area contributed by atoms with Crippen LogP contribution in [0.25, 0.3) is 16.9 Å². The highest BCUT2D eigenvalue weighted by atomic mass is 79.9. The quantitative estimate of drug-likeness (QED) is 0.374. The second-order valence-electron chi connectivity index (χ2n) is 8.85. The van der Waals surface area contributed by atoms with Crippen molar-refractivity contribution in [1.29, 1.82) is 0 Å². The van der Waals surface area contributed by atoms with Crippen molar-refractivity contribution in [3.05, 3.63) is 56.5 Å². The smallest absolute Gasteiger partial charge is 0.410 e. The number of imidazole rings is 1. The number of amides is 1. The summed E-state index contributed by atoms with van der Waals surface area (Å²) in [4.78, 5) is 18.8. The molecule has 1 saturated heterocycles. The second-order valence-corrected chi connectivity index (χ2v) is 10.6. The van der Waals surface area contributed by atoms with Crippen LogP contribution in [0.3, 0.4) is 0 Å². The molecule has 4 rings (SSSR count). The van der Waals surface area contributed by atoms with Gasteiger partial charge in [-0.3, -0.25) is 0 Å². The van der Waals surface area contributed by atoms with Gasteiger partial charge in [0.05, 0.1) is 41.2 Å². The van der Waals surface area contributed by atoms with Gasteiger partial charge in [0.2, 0.25) is 0 Å². The van der Waals surface area contributed by atoms with Crippen molar-refractivity contribution in [2.75, 3.05) is 19.7 Å². The van der Waals surface area contributed by atoms with E-state index in [-0.39, 0.29) is 22.8 Å². The van der Waals surface area contributed by atoms with E-state index in [1.807, 2.05) is 25.2 Å². The lowest BCUT2D eigenvalue weighted by Gasteiger charge is -2.34. The first-order valence-electron chi connectivity index (χ1n) is 10.4. The zero-order chi connectivity index (χ0) is 23.9. The summed E-state index contributed by atoms with van der Waals surface area (Å²) in [6, 6.07) is 6.41. The number of nitrogens with zero attached hydrogens (tertiary/aromatic N) is 3. The van der Waals surface area contributed by atoms with Crippen molar-refractivity contribution in [2.24, 2.45) is 0 Å². The highest BCUT2D eigenvalue weighted by Gasteiger charge is 2.30. The number of benzene rings is 1. The molecule has 0 N–H and O–H groups in total. The number of hydrogen-bond acceptors (Lipinski definition) is 4. The summed E-state index contributed by atoms with van der Waals surface area (Å²) in [5.41, 5.74) is 1.29. The highest BCUT2D eigenvalue weighted by molar-refractivity contribution is 9.10. The normalized spacial score (nSPS) is 16.9. The van der Waals surface area contributed by atoms with E-state index in [0.717, 1.165) is 0 Å². The first-order chi connectivity index (χ1) is 15.5. The maximum atomic E-state index is 15.0. The molecule has 0 aliphatic carbocycles. The van der Waals surface area contributed by atoms with Gasteiger partial charge >= 0.3 is 6.09 Å². The predicted molar refractivity (Wildman–Crippen MR) is 130 cm³/mol. The Balaban J connectivity index is 1.70. The SMILES string of the molecule is CC(C)(C)OC(=O)N1CCOC(Cc2c(-c3c(F)cc(Br)cc3Cl)nc3cc(Cl)ccn23)C1. The van der Waals surface area contributed by atoms with Crippen LogP contribution in [0.15, 0.2) is 34.9 Å². The summed E-state index contributed by atoms with van der Waals surface area (Å²) in [6.45, 7) is 6.63. The number of carbonyl (C=O) groups is 1. The molecule has 1 aromatic carbocycles. The monoisotopic (exact) mass is 557 g/mol. The van der Waals surface area contributed by atoms with Crippen LogP contribution in [0, 0.1) is 5.82 Å². The van der Waals surface area contributed by atoms with Gasteiger partial charge in [0.15, 0.2) is 0 Å². The molecule has 10 heteroatoms. The zero-order valence-corrected chi connectivity index (χ0v) is 21.5. The molecule has 0 bridgehead atoms. The number of morpholine rings is 1. The van der Waals surface area contributed by atoms with E-state index in [2.05, 4.69) is 20.9 Å². The average molecular weight is 559 g/mol. The van der Waals surface area contributed by atoms with E-state index in [1.54, 1.807) is 29.3 Å². The number of carbonyl (C=O) groups excluding carboxylic acids is 1. The Kier molecular flexibility index (Phi) is 6.92. The molecule has 0 saturated carbocycles. The van der Waals surface area contributed by atoms with E-state index in [4.69, 9.17) is 32.7 Å². The van der Waals surface area contributed by atoms with Crippen LogP contribution >= 0.6 is 39.1 Å². The Labute approximate surface area is 209 Å². The van der Waals surface area contributed by atoms with Crippen molar-refractivity contribution in [1.82, 2.24) is 14.3 Å². The fourth-order valence-electron chi connectivity index (χ4n) is 3.79. The Morgan fingerprint density at radius 2 is 2.09 bits per heavy atom. The van der Waals surface area contributed by atoms with Gasteiger partial charge in [0.1, 0.15) is 17.1 Å². The average Bonchev–Trinajstić information content (AvgIpc) is 3.03. The van der Waals surface area contributed by atoms with Gasteiger partial charge in [0, 0.05) is 34.7 Å². The standard InChI is InChI=1S/C23H23BrCl2FN3O3/c1-23(2,3)33-22(31)29-6-7-32-15(12-29)11-18-21(20-16(26)8-13(24)9-17(20)27)28-19-10-14(25)4-5-30(18)19/h4-5,8-10,15H,6-7,11-12H2,1-3H3. The van der Waals surface area contributed by atoms with Crippen molar-refractivity contribution in [3.8, 4) is 11.3 Å². The number of aromatic nitrogens is 2. The molecular weight excluding hydrogens is 536 g/mol. The van der Waals surface area contributed by atoms with Crippen LogP contribution in [0.5, 0.6) is 0 Å². The number of halogens is 4. The topological polar surface area (TPSA) is 56.1 Å². The molecule has 3 aromatic rings. The third kappa shape index (κ3) is 5.45. The highest BCUT2D eigenvalue weighted by Crippen LogP contribution is 2.36. The maximum Gasteiger partial charge on any atom is 0.410 e. The molecule has 0 radical (unpaired) electrons. The maximum absolute atomic E-state index is 15.0. The first kappa shape index (κ1) is 24.3. The fourth-order valence-corrected chi connectivity index (χ4v) is 4.80. The second kappa shape index (κ2) is 9.41. The first-order valence-corrected chi connectivity index (χ1v) is 12.0. The summed E-state index contributed by atoms with van der Waals surface area (Å²) in [5, 5.41) is 0.746. The molecule has 1 aliphatic heterocycles. The molecule has 176 valence electrons. The molecule has 33 heavy (non-hydrogen) atoms. The van der Waals surface area contributed by atoms with Crippen LogP contribution in [0.1, 0.15) is 26.5 Å². The van der Waals surface area contributed by atoms with Crippen LogP contribution in [-0.2, 0) is 15.9 Å². The predicted octanol–water partition coefficient (Wildman–Crippen LogP) is 6.39. The van der Waals surface area contributed by atoms with E-state index in [0.29, 0.717) is 52.6 Å². The van der Waals surface area contributed by atoms with E-state index in [9.17, 15) is 9.18 Å². The minimum atomic E-state index is -0.588. The molecule has 1 amide bonds. The van der Waals surface area contributed by atoms with Gasteiger partial charge in [-0.15, -0.1) is 0 Å². The molecule has 1 aliphatic rings. The van der Waals surface area contributed by atoms with Crippen LogP contribution in [-0.4, -0.2) is 51.8 Å². The Morgan fingerprint density at radius 1 is 1.33 bits per heavy atom. The van der Waals surface area contributed by atoms with E-state index in [1.165, 1.54) is 6.07 Å². The van der Waals surface area contributed by atoms with Gasteiger partial charge in [-0.25, -0.2) is 14.2 Å². The lowest BCUT2D eigenvalue weighted by atomic mass is 10.0. The van der Waals surface area contributed by atoms with Crippen LogP contribution in [0.2, 0.25) is 10.0 Å². The van der Waals surface area contributed by atoms with Gasteiger partial charge in [-0.05, 0) is 39.0 Å². The Morgan fingerprint density at radius 3 is 2.79 bits per heavy atom. The van der Waals surface area contributed by atoms with Crippen molar-refractivity contribution >= 4 is 50.9 Å². The van der Waals surface area contributed by atoms with Gasteiger partial charge in [-0.1, -0.05) is 39.1 Å². The minimum Gasteiger partial charge on any atom is -0.444 e. The summed E-state index contributed by atoms with van der Waals surface area (Å²) in [6.07, 6.45) is 1.44. The van der Waals surface area contributed by atoms with Crippen molar-refractivity contribution in [2.45, 2.75) is 38.9 Å². The minimum absolute atomic E-state index is 0.203. The number of rotatable bonds is 3. The van der Waals surface area contributed by atoms with Crippen molar-refractivity contribution < 1.29 is 18.7 Å². The summed E-state index contributed by atoms with van der Waals surface area (Å²) >= 11 is 15.9. The van der Waals surface area contributed by atoms with Gasteiger partial charge in [-0.2, -0.15) is 0 Å². The third-order valence-corrected chi connectivity index (χ3v) is 6.13. The molecule has 1 fully saturated rings. The molecule has 0 spiro atoms. The van der Waals surface area contributed by atoms with Gasteiger partial charge in [0.25, 0.3) is 0 Å². The lowest BCUT2D eigenvalue weighted by molar-refractivity contribution is -0.0418. The molecule has 1 unspecified atom stereocenters. The number of fused-ring (bicyclic) bond motifs is 1. The fraction of sp³-hybridized carbons (Fsp3) is 0.391. The molecule has 2 aromatic heterocycles. The number of pyridine rings is 1. The summed E-state index contributed by atoms with van der Waals surface area (Å²) in [7, 11) is 0. The van der Waals surface area contributed by atoms with Gasteiger partial charge < -0.3 is 18.8 Å². The summed E-state index contributed by atoms with van der Waals surface area (Å²) in [5.74, 6) is -0.495. The molecular formula is C23H23BrCl2FN3O3. The van der Waals surface area contributed by atoms with Crippen LogP contribution < -0.4 is 0 Å². The molecule has 3 heterocycles. The number of ether oxygens (including phenoxy) is 2. The molecule has 6 nitrogen and oxygen atoms in total. The Bertz CT molecular complexity index is 1190. The van der Waals surface area contributed by atoms with E-state index >= 15 is 0 Å². The lowest BCUT2D eigenvalue weighted by Crippen LogP contribution is -2.48.